The van der Waals surface area contributed by atoms with Gasteiger partial charge in [-0.1, -0.05) is 6.07 Å². The molecule has 1 aliphatic rings. The summed E-state index contributed by atoms with van der Waals surface area (Å²) in [5, 5.41) is 13.4. The average Bonchev–Trinajstić information content (AvgIpc) is 2.55. The van der Waals surface area contributed by atoms with E-state index in [0.717, 1.165) is 19.4 Å². The fourth-order valence-electron chi connectivity index (χ4n) is 2.75. The van der Waals surface area contributed by atoms with Gasteiger partial charge in [-0.15, -0.1) is 0 Å². The molecule has 8 heteroatoms. The van der Waals surface area contributed by atoms with Crippen molar-refractivity contribution >= 4 is 23.3 Å². The van der Waals surface area contributed by atoms with Crippen LogP contribution in [0.25, 0.3) is 0 Å². The predicted octanol–water partition coefficient (Wildman–Crippen LogP) is 1.81. The maximum atomic E-state index is 12.1. The lowest BCUT2D eigenvalue weighted by molar-refractivity contribution is -0.384. The van der Waals surface area contributed by atoms with Crippen LogP contribution >= 0.6 is 0 Å². The Kier molecular flexibility index (Phi) is 6.25. The molecule has 0 bridgehead atoms. The zero-order valence-electron chi connectivity index (χ0n) is 13.6. The van der Waals surface area contributed by atoms with Crippen LogP contribution in [0.3, 0.4) is 0 Å². The number of hydrogen-bond donors (Lipinski definition) is 1. The van der Waals surface area contributed by atoms with Crippen LogP contribution in [0, 0.1) is 16.0 Å². The van der Waals surface area contributed by atoms with Gasteiger partial charge in [0.05, 0.1) is 24.0 Å². The predicted molar refractivity (Wildman–Crippen MR) is 87.5 cm³/mol. The summed E-state index contributed by atoms with van der Waals surface area (Å²) >= 11 is 0. The van der Waals surface area contributed by atoms with Crippen molar-refractivity contribution in [1.29, 1.82) is 0 Å². The molecule has 1 aliphatic heterocycles. The van der Waals surface area contributed by atoms with Crippen LogP contribution in [-0.4, -0.2) is 47.9 Å². The summed E-state index contributed by atoms with van der Waals surface area (Å²) in [5.74, 6) is -0.689. The Morgan fingerprint density at radius 3 is 2.96 bits per heavy atom. The van der Waals surface area contributed by atoms with Gasteiger partial charge < -0.3 is 10.1 Å². The molecule has 0 unspecified atom stereocenters. The van der Waals surface area contributed by atoms with Crippen molar-refractivity contribution in [3.63, 3.8) is 0 Å². The van der Waals surface area contributed by atoms with E-state index in [9.17, 15) is 19.7 Å². The number of carbonyl (C=O) groups is 2. The molecule has 0 radical (unpaired) electrons. The molecule has 8 nitrogen and oxygen atoms in total. The van der Waals surface area contributed by atoms with Gasteiger partial charge in [0, 0.05) is 24.4 Å². The van der Waals surface area contributed by atoms with Gasteiger partial charge in [-0.05, 0) is 32.4 Å². The number of benzene rings is 1. The van der Waals surface area contributed by atoms with Gasteiger partial charge in [-0.2, -0.15) is 0 Å². The SMILES string of the molecule is CCOC(=O)[C@H]1CCCN(CC(=O)Nc2cccc([N+](=O)[O-])c2)C1. The summed E-state index contributed by atoms with van der Waals surface area (Å²) in [6, 6.07) is 5.80. The van der Waals surface area contributed by atoms with Crippen LogP contribution in [-0.2, 0) is 14.3 Å². The van der Waals surface area contributed by atoms with Gasteiger partial charge >= 0.3 is 5.97 Å². The van der Waals surface area contributed by atoms with E-state index in [0.29, 0.717) is 18.8 Å². The molecule has 24 heavy (non-hydrogen) atoms. The first-order chi connectivity index (χ1) is 11.5. The number of carbonyl (C=O) groups excluding carboxylic acids is 2. The minimum atomic E-state index is -0.510. The molecule has 1 atom stereocenters. The van der Waals surface area contributed by atoms with Gasteiger partial charge in [-0.25, -0.2) is 0 Å². The molecule has 130 valence electrons. The molecule has 0 aliphatic carbocycles. The number of nitrogens with zero attached hydrogens (tertiary/aromatic N) is 2. The van der Waals surface area contributed by atoms with E-state index in [1.54, 1.807) is 13.0 Å². The first-order valence-electron chi connectivity index (χ1n) is 7.93. The largest absolute Gasteiger partial charge is 0.466 e. The monoisotopic (exact) mass is 335 g/mol. The van der Waals surface area contributed by atoms with Gasteiger partial charge in [0.2, 0.25) is 5.91 Å². The highest BCUT2D eigenvalue weighted by Crippen LogP contribution is 2.19. The number of nitrogens with one attached hydrogen (secondary N) is 1. The lowest BCUT2D eigenvalue weighted by atomic mass is 9.98. The Morgan fingerprint density at radius 2 is 2.25 bits per heavy atom. The molecule has 0 saturated carbocycles. The Labute approximate surface area is 139 Å². The summed E-state index contributed by atoms with van der Waals surface area (Å²) in [7, 11) is 0. The fourth-order valence-corrected chi connectivity index (χ4v) is 2.75. The third-order valence-electron chi connectivity index (χ3n) is 3.83. The quantitative estimate of drug-likeness (QED) is 0.483. The van der Waals surface area contributed by atoms with E-state index in [-0.39, 0.29) is 30.0 Å². The number of hydrogen-bond acceptors (Lipinski definition) is 6. The van der Waals surface area contributed by atoms with Crippen molar-refractivity contribution in [3.8, 4) is 0 Å². The van der Waals surface area contributed by atoms with Gasteiger partial charge in [0.15, 0.2) is 0 Å². The molecule has 1 aromatic rings. The normalized spacial score (nSPS) is 18.0. The second kappa shape index (κ2) is 8.39. The smallest absolute Gasteiger partial charge is 0.310 e. The molecule has 2 rings (SSSR count). The zero-order chi connectivity index (χ0) is 17.5. The van der Waals surface area contributed by atoms with Crippen molar-refractivity contribution in [2.75, 3.05) is 31.6 Å². The van der Waals surface area contributed by atoms with Crippen molar-refractivity contribution in [2.45, 2.75) is 19.8 Å². The molecule has 1 heterocycles. The van der Waals surface area contributed by atoms with Crippen LogP contribution in [0.5, 0.6) is 0 Å². The number of nitro benzene ring substituents is 1. The number of piperidine rings is 1. The van der Waals surface area contributed by atoms with Crippen LogP contribution in [0.1, 0.15) is 19.8 Å². The van der Waals surface area contributed by atoms with Crippen LogP contribution in [0.15, 0.2) is 24.3 Å². The van der Waals surface area contributed by atoms with E-state index in [1.807, 2.05) is 4.90 Å². The molecule has 1 aromatic carbocycles. The van der Waals surface area contributed by atoms with Gasteiger partial charge in [0.25, 0.3) is 5.69 Å². The zero-order valence-corrected chi connectivity index (χ0v) is 13.6. The Bertz CT molecular complexity index is 619. The molecular formula is C16H21N3O5. The standard InChI is InChI=1S/C16H21N3O5/c1-2-24-16(21)12-5-4-8-18(10-12)11-15(20)17-13-6-3-7-14(9-13)19(22)23/h3,6-7,9,12H,2,4-5,8,10-11H2,1H3,(H,17,20)/t12-/m0/s1. The fraction of sp³-hybridized carbons (Fsp3) is 0.500. The molecule has 0 aromatic heterocycles. The van der Waals surface area contributed by atoms with Crippen molar-refractivity contribution in [1.82, 2.24) is 4.90 Å². The number of rotatable bonds is 6. The molecule has 1 fully saturated rings. The Morgan fingerprint density at radius 1 is 1.46 bits per heavy atom. The third kappa shape index (κ3) is 5.02. The van der Waals surface area contributed by atoms with E-state index in [4.69, 9.17) is 4.74 Å². The first kappa shape index (κ1) is 17.9. The second-order valence-corrected chi connectivity index (χ2v) is 5.68. The highest BCUT2D eigenvalue weighted by Gasteiger charge is 2.27. The van der Waals surface area contributed by atoms with Crippen LogP contribution < -0.4 is 5.32 Å². The number of nitro groups is 1. The topological polar surface area (TPSA) is 102 Å². The summed E-state index contributed by atoms with van der Waals surface area (Å²) < 4.78 is 5.04. The minimum Gasteiger partial charge on any atom is -0.466 e. The van der Waals surface area contributed by atoms with Crippen LogP contribution in [0.4, 0.5) is 11.4 Å². The second-order valence-electron chi connectivity index (χ2n) is 5.68. The summed E-state index contributed by atoms with van der Waals surface area (Å²) in [5.41, 5.74) is 0.307. The van der Waals surface area contributed by atoms with E-state index in [2.05, 4.69) is 5.32 Å². The van der Waals surface area contributed by atoms with Gasteiger partial charge in [0.1, 0.15) is 0 Å². The number of anilines is 1. The molecule has 1 saturated heterocycles. The summed E-state index contributed by atoms with van der Waals surface area (Å²) in [4.78, 5) is 36.1. The summed E-state index contributed by atoms with van der Waals surface area (Å²) in [6.45, 7) is 3.48. The maximum absolute atomic E-state index is 12.1. The molecule has 1 amide bonds. The molecule has 0 spiro atoms. The highest BCUT2D eigenvalue weighted by atomic mass is 16.6. The van der Waals surface area contributed by atoms with E-state index >= 15 is 0 Å². The van der Waals surface area contributed by atoms with Crippen LogP contribution in [0.2, 0.25) is 0 Å². The number of likely N-dealkylation sites (tertiary alicyclic amines) is 1. The molecular weight excluding hydrogens is 314 g/mol. The third-order valence-corrected chi connectivity index (χ3v) is 3.83. The van der Waals surface area contributed by atoms with E-state index < -0.39 is 4.92 Å². The van der Waals surface area contributed by atoms with Crippen molar-refractivity contribution in [2.24, 2.45) is 5.92 Å². The lowest BCUT2D eigenvalue weighted by Crippen LogP contribution is -2.43. The van der Waals surface area contributed by atoms with E-state index in [1.165, 1.54) is 18.2 Å². The highest BCUT2D eigenvalue weighted by molar-refractivity contribution is 5.92. The van der Waals surface area contributed by atoms with Gasteiger partial charge in [-0.3, -0.25) is 24.6 Å². The Hall–Kier alpha value is -2.48. The minimum absolute atomic E-state index is 0.0758. The number of non-ortho nitro benzene ring substituents is 1. The van der Waals surface area contributed by atoms with Crippen molar-refractivity contribution < 1.29 is 19.2 Å². The first-order valence-corrected chi connectivity index (χ1v) is 7.93. The van der Waals surface area contributed by atoms with Crippen molar-refractivity contribution in [3.05, 3.63) is 34.4 Å². The lowest BCUT2D eigenvalue weighted by Gasteiger charge is -2.30. The molecule has 1 N–H and O–H groups in total. The maximum Gasteiger partial charge on any atom is 0.310 e. The summed E-state index contributed by atoms with van der Waals surface area (Å²) in [6.07, 6.45) is 1.59. The number of amides is 1. The Balaban J connectivity index is 1.89. The number of esters is 1. The average molecular weight is 335 g/mol. The number of ether oxygens (including phenoxy) is 1.